The Morgan fingerprint density at radius 1 is 1.15 bits per heavy atom. The Morgan fingerprint density at radius 2 is 1.81 bits per heavy atom. The fourth-order valence-corrected chi connectivity index (χ4v) is 2.31. The van der Waals surface area contributed by atoms with E-state index >= 15 is 0 Å². The molecule has 26 heavy (non-hydrogen) atoms. The fourth-order valence-electron chi connectivity index (χ4n) is 1.93. The van der Waals surface area contributed by atoms with Gasteiger partial charge in [0.2, 0.25) is 0 Å². The van der Waals surface area contributed by atoms with Gasteiger partial charge in [0.1, 0.15) is 11.2 Å². The molecular weight excluding hydrogens is 360 g/mol. The van der Waals surface area contributed by atoms with E-state index in [2.05, 4.69) is 10.6 Å². The van der Waals surface area contributed by atoms with Crippen LogP contribution in [0.25, 0.3) is 0 Å². The quantitative estimate of drug-likeness (QED) is 0.271. The van der Waals surface area contributed by atoms with Crippen LogP contribution in [-0.4, -0.2) is 23.8 Å². The van der Waals surface area contributed by atoms with E-state index in [1.807, 2.05) is 5.40 Å². The lowest BCUT2D eigenvalue weighted by atomic mass is 10.2. The monoisotopic (exact) mass is 372 g/mol. The molecule has 2 amide bonds. The minimum Gasteiger partial charge on any atom is -0.495 e. The lowest BCUT2D eigenvalue weighted by Crippen LogP contribution is -2.29. The lowest BCUT2D eigenvalue weighted by molar-refractivity contribution is -0.384. The van der Waals surface area contributed by atoms with Gasteiger partial charge in [-0.25, -0.2) is 0 Å². The van der Waals surface area contributed by atoms with Crippen LogP contribution < -0.4 is 15.4 Å². The first kappa shape index (κ1) is 18.8. The van der Waals surface area contributed by atoms with Crippen molar-refractivity contribution in [1.82, 2.24) is 0 Å². The van der Waals surface area contributed by atoms with E-state index < -0.39 is 16.7 Å². The van der Waals surface area contributed by atoms with Gasteiger partial charge in [-0.1, -0.05) is 0 Å². The van der Waals surface area contributed by atoms with Gasteiger partial charge in [0.25, 0.3) is 5.69 Å². The molecule has 10 heteroatoms. The summed E-state index contributed by atoms with van der Waals surface area (Å²) in [6, 6.07) is 9.94. The maximum absolute atomic E-state index is 12.0. The Kier molecular flexibility index (Phi) is 6.13. The van der Waals surface area contributed by atoms with Crippen molar-refractivity contribution in [2.45, 2.75) is 4.90 Å². The zero-order chi connectivity index (χ0) is 19.1. The topological polar surface area (TPSA) is 134 Å². The number of thioether (sulfide) groups is 1. The zero-order valence-corrected chi connectivity index (χ0v) is 14.2. The van der Waals surface area contributed by atoms with Gasteiger partial charge in [-0.2, -0.15) is 5.26 Å². The number of carbonyl (C=O) groups is 2. The number of amides is 2. The molecule has 2 rings (SSSR count). The Morgan fingerprint density at radius 3 is 2.38 bits per heavy atom. The number of thiocyanates is 1. The third-order valence-electron chi connectivity index (χ3n) is 3.12. The van der Waals surface area contributed by atoms with Crippen LogP contribution in [0.1, 0.15) is 0 Å². The number of anilines is 2. The van der Waals surface area contributed by atoms with Crippen molar-refractivity contribution in [1.29, 1.82) is 5.26 Å². The maximum atomic E-state index is 12.0. The SMILES string of the molecule is COc1ccc([N+](=O)[O-])cc1NC(=O)C(=O)Nc1ccc(SC#N)cc1. The fraction of sp³-hybridized carbons (Fsp3) is 0.0625. The minimum absolute atomic E-state index is 0.00242. The predicted molar refractivity (Wildman–Crippen MR) is 94.8 cm³/mol. The second-order valence-corrected chi connectivity index (χ2v) is 5.63. The third kappa shape index (κ3) is 4.71. The van der Waals surface area contributed by atoms with Gasteiger partial charge in [0.05, 0.1) is 17.7 Å². The average molecular weight is 372 g/mol. The molecule has 0 radical (unpaired) electrons. The molecule has 9 nitrogen and oxygen atoms in total. The highest BCUT2D eigenvalue weighted by Gasteiger charge is 2.18. The summed E-state index contributed by atoms with van der Waals surface area (Å²) in [6.07, 6.45) is 0. The summed E-state index contributed by atoms with van der Waals surface area (Å²) in [5, 5.41) is 26.0. The lowest BCUT2D eigenvalue weighted by Gasteiger charge is -2.10. The summed E-state index contributed by atoms with van der Waals surface area (Å²) in [5.41, 5.74) is 0.105. The van der Waals surface area contributed by atoms with Crippen molar-refractivity contribution >= 4 is 40.6 Å². The molecule has 0 bridgehead atoms. The summed E-state index contributed by atoms with van der Waals surface area (Å²) in [6.45, 7) is 0. The highest BCUT2D eigenvalue weighted by Crippen LogP contribution is 2.28. The second kappa shape index (κ2) is 8.50. The number of hydrogen-bond acceptors (Lipinski definition) is 7. The van der Waals surface area contributed by atoms with Crippen molar-refractivity contribution in [3.63, 3.8) is 0 Å². The second-order valence-electron chi connectivity index (χ2n) is 4.77. The number of rotatable bonds is 5. The molecule has 0 saturated carbocycles. The van der Waals surface area contributed by atoms with E-state index in [4.69, 9.17) is 10.00 Å². The molecule has 0 atom stereocenters. The van der Waals surface area contributed by atoms with Gasteiger partial charge in [-0.05, 0) is 42.1 Å². The maximum Gasteiger partial charge on any atom is 0.314 e. The van der Waals surface area contributed by atoms with Crippen LogP contribution in [0.15, 0.2) is 47.4 Å². The van der Waals surface area contributed by atoms with E-state index in [0.717, 1.165) is 17.8 Å². The van der Waals surface area contributed by atoms with E-state index in [9.17, 15) is 19.7 Å². The number of hydrogen-bond donors (Lipinski definition) is 2. The van der Waals surface area contributed by atoms with Gasteiger partial charge in [0, 0.05) is 22.7 Å². The van der Waals surface area contributed by atoms with Gasteiger partial charge in [-0.15, -0.1) is 0 Å². The predicted octanol–water partition coefficient (Wildman–Crippen LogP) is 2.75. The molecule has 0 aromatic heterocycles. The number of nitrogens with one attached hydrogen (secondary N) is 2. The van der Waals surface area contributed by atoms with Crippen molar-refractivity contribution in [2.24, 2.45) is 0 Å². The largest absolute Gasteiger partial charge is 0.495 e. The number of nitrogens with zero attached hydrogens (tertiary/aromatic N) is 2. The first-order valence-electron chi connectivity index (χ1n) is 7.05. The molecule has 0 heterocycles. The van der Waals surface area contributed by atoms with Crippen LogP contribution >= 0.6 is 11.8 Å². The normalized spacial score (nSPS) is 9.69. The molecule has 0 aliphatic rings. The summed E-state index contributed by atoms with van der Waals surface area (Å²) >= 11 is 0.963. The van der Waals surface area contributed by atoms with Crippen LogP contribution in [0.3, 0.4) is 0 Å². The molecule has 0 aliphatic heterocycles. The highest BCUT2D eigenvalue weighted by molar-refractivity contribution is 8.03. The smallest absolute Gasteiger partial charge is 0.314 e. The summed E-state index contributed by atoms with van der Waals surface area (Å²) < 4.78 is 5.02. The summed E-state index contributed by atoms with van der Waals surface area (Å²) in [7, 11) is 1.33. The van der Waals surface area contributed by atoms with Crippen molar-refractivity contribution in [3.05, 3.63) is 52.6 Å². The van der Waals surface area contributed by atoms with Gasteiger partial charge < -0.3 is 15.4 Å². The van der Waals surface area contributed by atoms with Crippen molar-refractivity contribution in [3.8, 4) is 11.2 Å². The molecule has 0 fully saturated rings. The Balaban J connectivity index is 2.09. The number of nitriles is 1. The van der Waals surface area contributed by atoms with Crippen LogP contribution in [-0.2, 0) is 9.59 Å². The first-order chi connectivity index (χ1) is 12.4. The number of methoxy groups -OCH3 is 1. The number of nitro groups is 1. The molecule has 0 spiro atoms. The minimum atomic E-state index is -1.01. The molecule has 2 N–H and O–H groups in total. The highest BCUT2D eigenvalue weighted by atomic mass is 32.2. The van der Waals surface area contributed by atoms with Crippen LogP contribution in [0.2, 0.25) is 0 Å². The molecule has 132 valence electrons. The molecular formula is C16H12N4O5S. The average Bonchev–Trinajstić information content (AvgIpc) is 2.63. The van der Waals surface area contributed by atoms with E-state index in [1.54, 1.807) is 24.3 Å². The number of non-ortho nitro benzene ring substituents is 1. The number of nitro benzene ring substituents is 1. The molecule has 2 aromatic carbocycles. The molecule has 0 aliphatic carbocycles. The molecule has 2 aromatic rings. The number of benzene rings is 2. The van der Waals surface area contributed by atoms with Crippen LogP contribution in [0.4, 0.5) is 17.1 Å². The van der Waals surface area contributed by atoms with Crippen molar-refractivity contribution in [2.75, 3.05) is 17.7 Å². The van der Waals surface area contributed by atoms with E-state index in [0.29, 0.717) is 10.6 Å². The zero-order valence-electron chi connectivity index (χ0n) is 13.4. The third-order valence-corrected chi connectivity index (χ3v) is 3.72. The first-order valence-corrected chi connectivity index (χ1v) is 7.87. The Hall–Kier alpha value is -3.58. The van der Waals surface area contributed by atoms with Gasteiger partial charge in [-0.3, -0.25) is 19.7 Å². The molecule has 0 unspecified atom stereocenters. The standard InChI is InChI=1S/C16H12N4O5S/c1-25-14-7-4-11(20(23)24)8-13(14)19-16(22)15(21)18-10-2-5-12(6-3-10)26-9-17/h2-8H,1H3,(H,18,21)(H,19,22). The van der Waals surface area contributed by atoms with Gasteiger partial charge >= 0.3 is 11.8 Å². The van der Waals surface area contributed by atoms with Crippen molar-refractivity contribution < 1.29 is 19.2 Å². The van der Waals surface area contributed by atoms with Crippen LogP contribution in [0.5, 0.6) is 5.75 Å². The number of ether oxygens (including phenoxy) is 1. The van der Waals surface area contributed by atoms with Crippen LogP contribution in [0, 0.1) is 20.8 Å². The summed E-state index contributed by atoms with van der Waals surface area (Å²) in [4.78, 5) is 34.9. The molecule has 0 saturated heterocycles. The van der Waals surface area contributed by atoms with Gasteiger partial charge in [0.15, 0.2) is 0 Å². The van der Waals surface area contributed by atoms with E-state index in [-0.39, 0.29) is 17.1 Å². The summed E-state index contributed by atoms with van der Waals surface area (Å²) in [5.74, 6) is -1.80. The number of carbonyl (C=O) groups excluding carboxylic acids is 2. The van der Waals surface area contributed by atoms with E-state index in [1.165, 1.54) is 19.2 Å². The Labute approximate surface area is 152 Å². The Bertz CT molecular complexity index is 893.